The number of aromatic amines is 1. The minimum absolute atomic E-state index is 0.0972. The maximum atomic E-state index is 15.6. The van der Waals surface area contributed by atoms with Crippen LogP contribution >= 0.6 is 0 Å². The Balaban J connectivity index is 1.41. The molecule has 4 heterocycles. The van der Waals surface area contributed by atoms with E-state index in [1.54, 1.807) is 34.1 Å². The molecule has 1 unspecified atom stereocenters. The molecular weight excluding hydrogens is 493 g/mol. The summed E-state index contributed by atoms with van der Waals surface area (Å²) in [5.74, 6) is -0.183. The zero-order valence-electron chi connectivity index (χ0n) is 22.2. The molecule has 0 saturated carbocycles. The molecule has 1 amide bonds. The molecule has 4 aromatic heterocycles. The first-order valence-corrected chi connectivity index (χ1v) is 13.1. The number of nitrogens with zero attached hydrogens (tertiary/aromatic N) is 5. The number of carbonyl (C=O) groups is 1. The van der Waals surface area contributed by atoms with E-state index in [1.807, 2.05) is 39.1 Å². The Labute approximate surface area is 225 Å². The van der Waals surface area contributed by atoms with Crippen LogP contribution in [0.25, 0.3) is 22.3 Å². The highest BCUT2D eigenvalue weighted by Gasteiger charge is 2.32. The predicted molar refractivity (Wildman–Crippen MR) is 148 cm³/mol. The highest BCUT2D eigenvalue weighted by molar-refractivity contribution is 5.97. The van der Waals surface area contributed by atoms with E-state index in [-0.39, 0.29) is 24.3 Å². The van der Waals surface area contributed by atoms with Gasteiger partial charge in [0.2, 0.25) is 0 Å². The van der Waals surface area contributed by atoms with Crippen LogP contribution in [0.3, 0.4) is 0 Å². The molecule has 0 radical (unpaired) electrons. The van der Waals surface area contributed by atoms with E-state index in [0.717, 1.165) is 58.4 Å². The maximum Gasteiger partial charge on any atom is 0.271 e. The van der Waals surface area contributed by atoms with Gasteiger partial charge in [-0.2, -0.15) is 5.10 Å². The van der Waals surface area contributed by atoms with Crippen LogP contribution < -0.4 is 5.73 Å². The van der Waals surface area contributed by atoms with Crippen LogP contribution in [-0.4, -0.2) is 35.5 Å². The number of nitrogens with two attached hydrogens (primary N) is 1. The molecule has 0 saturated heterocycles. The lowest BCUT2D eigenvalue weighted by Gasteiger charge is -2.35. The monoisotopic (exact) mass is 523 g/mol. The summed E-state index contributed by atoms with van der Waals surface area (Å²) >= 11 is 0. The molecule has 1 aliphatic rings. The van der Waals surface area contributed by atoms with Crippen molar-refractivity contribution in [3.8, 4) is 11.3 Å². The normalized spacial score (nSPS) is 14.9. The van der Waals surface area contributed by atoms with Crippen molar-refractivity contribution in [1.82, 2.24) is 29.6 Å². The molecule has 198 valence electrons. The van der Waals surface area contributed by atoms with Crippen LogP contribution in [0.2, 0.25) is 0 Å². The molecule has 6 rings (SSSR count). The summed E-state index contributed by atoms with van der Waals surface area (Å²) in [6, 6.07) is 12.5. The average molecular weight is 524 g/mol. The van der Waals surface area contributed by atoms with Gasteiger partial charge >= 0.3 is 0 Å². The van der Waals surface area contributed by atoms with Gasteiger partial charge in [0.1, 0.15) is 17.3 Å². The highest BCUT2D eigenvalue weighted by atomic mass is 19.1. The molecular formula is C30H30FN7O. The Kier molecular flexibility index (Phi) is 6.13. The minimum Gasteiger partial charge on any atom is -0.383 e. The van der Waals surface area contributed by atoms with Crippen molar-refractivity contribution < 1.29 is 9.18 Å². The molecule has 0 fully saturated rings. The fourth-order valence-corrected chi connectivity index (χ4v) is 5.62. The van der Waals surface area contributed by atoms with Crippen molar-refractivity contribution >= 4 is 22.8 Å². The lowest BCUT2D eigenvalue weighted by molar-refractivity contribution is 0.0625. The van der Waals surface area contributed by atoms with Crippen molar-refractivity contribution in [2.45, 2.75) is 45.7 Å². The van der Waals surface area contributed by atoms with Crippen LogP contribution in [0.1, 0.15) is 57.3 Å². The number of halogens is 1. The quantitative estimate of drug-likeness (QED) is 0.320. The molecule has 0 spiro atoms. The molecule has 39 heavy (non-hydrogen) atoms. The van der Waals surface area contributed by atoms with Crippen molar-refractivity contribution in [3.63, 3.8) is 0 Å². The second-order valence-corrected chi connectivity index (χ2v) is 10.3. The zero-order chi connectivity index (χ0) is 27.3. The molecule has 1 aromatic carbocycles. The van der Waals surface area contributed by atoms with E-state index in [1.165, 1.54) is 6.07 Å². The molecule has 9 heteroatoms. The average Bonchev–Trinajstić information content (AvgIpc) is 3.49. The maximum absolute atomic E-state index is 15.6. The molecule has 3 N–H and O–H groups in total. The van der Waals surface area contributed by atoms with Crippen molar-refractivity contribution in [1.29, 1.82) is 0 Å². The van der Waals surface area contributed by atoms with Crippen LogP contribution in [0.5, 0.6) is 0 Å². The summed E-state index contributed by atoms with van der Waals surface area (Å²) in [5.41, 5.74) is 13.6. The standard InChI is InChI=1S/C30H30FN7O/c1-17-12-23-24(36-29(17)32)14-25(35-23)30(39)38(26-8-4-6-19-7-5-11-33-27(19)26)16-21-10-9-20(13-22(21)31)28-18(2)15-34-37(28)3/h5,7,9-15,26,35H,4,6,8,16H2,1-3H3,(H2,32,36). The van der Waals surface area contributed by atoms with Gasteiger partial charge in [-0.05, 0) is 74.1 Å². The number of nitrogens with one attached hydrogen (secondary N) is 1. The van der Waals surface area contributed by atoms with E-state index in [2.05, 4.69) is 26.1 Å². The third-order valence-corrected chi connectivity index (χ3v) is 7.65. The van der Waals surface area contributed by atoms with Crippen molar-refractivity contribution in [2.24, 2.45) is 7.05 Å². The fourth-order valence-electron chi connectivity index (χ4n) is 5.62. The van der Waals surface area contributed by atoms with Crippen LogP contribution in [0.15, 0.2) is 54.9 Å². The van der Waals surface area contributed by atoms with E-state index in [4.69, 9.17) is 5.73 Å². The minimum atomic E-state index is -0.371. The lowest BCUT2D eigenvalue weighted by atomic mass is 9.90. The summed E-state index contributed by atoms with van der Waals surface area (Å²) in [4.78, 5) is 28.2. The number of nitrogen functional groups attached to an aromatic ring is 1. The number of carbonyl (C=O) groups excluding carboxylic acids is 1. The van der Waals surface area contributed by atoms with Gasteiger partial charge in [-0.15, -0.1) is 0 Å². The summed E-state index contributed by atoms with van der Waals surface area (Å²) in [5, 5.41) is 4.28. The molecule has 0 aliphatic heterocycles. The molecule has 1 atom stereocenters. The fraction of sp³-hybridized carbons (Fsp3) is 0.267. The number of amides is 1. The summed E-state index contributed by atoms with van der Waals surface area (Å²) in [6.45, 7) is 3.92. The summed E-state index contributed by atoms with van der Waals surface area (Å²) in [6.07, 6.45) is 6.08. The van der Waals surface area contributed by atoms with Gasteiger partial charge in [0.25, 0.3) is 5.91 Å². The van der Waals surface area contributed by atoms with Gasteiger partial charge in [0.05, 0.1) is 34.7 Å². The van der Waals surface area contributed by atoms with E-state index >= 15 is 4.39 Å². The third kappa shape index (κ3) is 4.43. The number of aromatic nitrogens is 5. The first kappa shape index (κ1) is 24.8. The summed E-state index contributed by atoms with van der Waals surface area (Å²) < 4.78 is 17.4. The lowest BCUT2D eigenvalue weighted by Crippen LogP contribution is -2.37. The van der Waals surface area contributed by atoms with Crippen molar-refractivity contribution in [3.05, 3.63) is 94.3 Å². The third-order valence-electron chi connectivity index (χ3n) is 7.65. The zero-order valence-corrected chi connectivity index (χ0v) is 22.2. The molecule has 8 nitrogen and oxygen atoms in total. The number of anilines is 1. The van der Waals surface area contributed by atoms with Gasteiger partial charge in [0.15, 0.2) is 0 Å². The first-order chi connectivity index (χ1) is 18.8. The van der Waals surface area contributed by atoms with Crippen molar-refractivity contribution in [2.75, 3.05) is 5.73 Å². The Morgan fingerprint density at radius 2 is 2.05 bits per heavy atom. The molecule has 0 bridgehead atoms. The predicted octanol–water partition coefficient (Wildman–Crippen LogP) is 5.42. The van der Waals surface area contributed by atoms with E-state index in [9.17, 15) is 4.79 Å². The first-order valence-electron chi connectivity index (χ1n) is 13.1. The van der Waals surface area contributed by atoms with Gasteiger partial charge in [-0.25, -0.2) is 9.37 Å². The number of H-pyrrole nitrogens is 1. The van der Waals surface area contributed by atoms with Gasteiger partial charge in [0, 0.05) is 30.9 Å². The number of fused-ring (bicyclic) bond motifs is 2. The van der Waals surface area contributed by atoms with Crippen LogP contribution in [0, 0.1) is 19.7 Å². The molecule has 5 aromatic rings. The topological polar surface area (TPSA) is 106 Å². The van der Waals surface area contributed by atoms with Gasteiger partial charge < -0.3 is 15.6 Å². The van der Waals surface area contributed by atoms with Crippen LogP contribution in [-0.2, 0) is 20.0 Å². The Morgan fingerprint density at radius 3 is 2.82 bits per heavy atom. The second-order valence-electron chi connectivity index (χ2n) is 10.3. The van der Waals surface area contributed by atoms with E-state index in [0.29, 0.717) is 22.6 Å². The number of hydrogen-bond acceptors (Lipinski definition) is 5. The Morgan fingerprint density at radius 1 is 1.21 bits per heavy atom. The SMILES string of the molecule is Cc1cc2[nH]c(C(=O)N(Cc3ccc(-c4c(C)cnn4C)cc3F)C3CCCc4cccnc43)cc2nc1N. The number of hydrogen-bond donors (Lipinski definition) is 2. The van der Waals surface area contributed by atoms with Gasteiger partial charge in [-0.3, -0.25) is 14.5 Å². The summed E-state index contributed by atoms with van der Waals surface area (Å²) in [7, 11) is 1.84. The highest BCUT2D eigenvalue weighted by Crippen LogP contribution is 2.36. The number of rotatable bonds is 5. The van der Waals surface area contributed by atoms with E-state index < -0.39 is 0 Å². The Bertz CT molecular complexity index is 1660. The Hall–Kier alpha value is -4.53. The largest absolute Gasteiger partial charge is 0.383 e. The molecule has 1 aliphatic carbocycles. The smallest absolute Gasteiger partial charge is 0.271 e. The number of aryl methyl sites for hydroxylation is 4. The number of pyridine rings is 2. The number of benzene rings is 1. The second kappa shape index (κ2) is 9.65. The van der Waals surface area contributed by atoms with Gasteiger partial charge in [-0.1, -0.05) is 18.2 Å². The van der Waals surface area contributed by atoms with Crippen LogP contribution in [0.4, 0.5) is 10.2 Å².